The van der Waals surface area contributed by atoms with E-state index in [9.17, 15) is 4.79 Å². The first-order chi connectivity index (χ1) is 15.0. The number of hydrogen-bond acceptors (Lipinski definition) is 7. The first-order valence-corrected chi connectivity index (χ1v) is 11.3. The Morgan fingerprint density at radius 2 is 2.13 bits per heavy atom. The normalized spacial score (nSPS) is 23.4. The molecule has 3 unspecified atom stereocenters. The van der Waals surface area contributed by atoms with Gasteiger partial charge in [-0.3, -0.25) is 9.78 Å². The van der Waals surface area contributed by atoms with Gasteiger partial charge in [-0.1, -0.05) is 17.7 Å². The summed E-state index contributed by atoms with van der Waals surface area (Å²) in [5, 5.41) is 8.50. The summed E-state index contributed by atoms with van der Waals surface area (Å²) in [5.74, 6) is 0.729. The zero-order valence-electron chi connectivity index (χ0n) is 18.7. The molecule has 1 saturated heterocycles. The van der Waals surface area contributed by atoms with Crippen LogP contribution in [0.1, 0.15) is 68.3 Å². The van der Waals surface area contributed by atoms with Crippen molar-refractivity contribution in [2.75, 3.05) is 13.2 Å². The molecule has 31 heavy (non-hydrogen) atoms. The molecule has 0 aromatic carbocycles. The maximum absolute atomic E-state index is 11.9. The Labute approximate surface area is 183 Å². The highest BCUT2D eigenvalue weighted by atomic mass is 16.7. The molecule has 2 aliphatic rings. The highest BCUT2D eigenvalue weighted by Crippen LogP contribution is 2.39. The summed E-state index contributed by atoms with van der Waals surface area (Å²) >= 11 is 0. The molecule has 0 spiro atoms. The Bertz CT molecular complexity index is 909. The van der Waals surface area contributed by atoms with Gasteiger partial charge in [0.05, 0.1) is 31.2 Å². The Morgan fingerprint density at radius 3 is 2.84 bits per heavy atom. The topological polar surface area (TPSA) is 88.4 Å². The lowest BCUT2D eigenvalue weighted by Crippen LogP contribution is -2.29. The van der Waals surface area contributed by atoms with Crippen molar-refractivity contribution in [3.05, 3.63) is 29.1 Å². The number of carbonyl (C=O) groups is 1. The minimum atomic E-state index is -0.131. The summed E-state index contributed by atoms with van der Waals surface area (Å²) in [6, 6.07) is 4.20. The fourth-order valence-electron chi connectivity index (χ4n) is 4.60. The monoisotopic (exact) mass is 428 g/mol. The lowest BCUT2D eigenvalue weighted by atomic mass is 9.76. The molecule has 0 amide bonds. The molecule has 1 saturated carbocycles. The van der Waals surface area contributed by atoms with Gasteiger partial charge < -0.3 is 14.2 Å². The first kappa shape index (κ1) is 21.9. The van der Waals surface area contributed by atoms with Crippen LogP contribution in [0.25, 0.3) is 11.4 Å². The average Bonchev–Trinajstić information content (AvgIpc) is 3.07. The van der Waals surface area contributed by atoms with E-state index in [0.29, 0.717) is 31.5 Å². The van der Waals surface area contributed by atoms with Crippen molar-refractivity contribution in [2.24, 2.45) is 13.0 Å². The molecule has 1 aliphatic carbocycles. The van der Waals surface area contributed by atoms with Gasteiger partial charge >= 0.3 is 5.97 Å². The van der Waals surface area contributed by atoms with Crippen LogP contribution in [-0.2, 0) is 32.7 Å². The number of pyridine rings is 1. The van der Waals surface area contributed by atoms with Crippen LogP contribution in [0.2, 0.25) is 0 Å². The lowest BCUT2D eigenvalue weighted by Gasteiger charge is -2.29. The molecule has 2 aromatic rings. The van der Waals surface area contributed by atoms with Gasteiger partial charge in [0, 0.05) is 25.6 Å². The molecule has 3 atom stereocenters. The number of aryl methyl sites for hydroxylation is 2. The van der Waals surface area contributed by atoms with Crippen molar-refractivity contribution < 1.29 is 19.0 Å². The third-order valence-corrected chi connectivity index (χ3v) is 6.36. The van der Waals surface area contributed by atoms with Gasteiger partial charge in [0.15, 0.2) is 6.29 Å². The molecule has 0 radical (unpaired) electrons. The van der Waals surface area contributed by atoms with Crippen LogP contribution in [0.4, 0.5) is 0 Å². The highest BCUT2D eigenvalue weighted by molar-refractivity contribution is 5.69. The highest BCUT2D eigenvalue weighted by Gasteiger charge is 2.27. The Balaban J connectivity index is 1.46. The lowest BCUT2D eigenvalue weighted by molar-refractivity contribution is -0.221. The van der Waals surface area contributed by atoms with Crippen molar-refractivity contribution >= 4 is 5.97 Å². The van der Waals surface area contributed by atoms with E-state index in [0.717, 1.165) is 61.5 Å². The number of hydrogen-bond donors (Lipinski definition) is 0. The molecule has 0 bridgehead atoms. The number of carbonyl (C=O) groups excluding carboxylic acids is 1. The molecule has 168 valence electrons. The second-order valence-corrected chi connectivity index (χ2v) is 8.52. The zero-order chi connectivity index (χ0) is 21.8. The minimum Gasteiger partial charge on any atom is -0.466 e. The predicted octanol–water partition coefficient (Wildman–Crippen LogP) is 3.68. The molecule has 1 aliphatic heterocycles. The number of nitrogens with zero attached hydrogens (tertiary/aromatic N) is 4. The van der Waals surface area contributed by atoms with Crippen LogP contribution >= 0.6 is 0 Å². The van der Waals surface area contributed by atoms with E-state index in [2.05, 4.69) is 23.3 Å². The second kappa shape index (κ2) is 9.87. The average molecular weight is 429 g/mol. The summed E-state index contributed by atoms with van der Waals surface area (Å²) in [6.07, 6.45) is 5.67. The van der Waals surface area contributed by atoms with Crippen molar-refractivity contribution in [3.63, 3.8) is 0 Å². The van der Waals surface area contributed by atoms with E-state index >= 15 is 0 Å². The van der Waals surface area contributed by atoms with Gasteiger partial charge in [0.1, 0.15) is 5.69 Å². The molecular weight excluding hydrogens is 396 g/mol. The molecular formula is C23H32N4O4. The minimum absolute atomic E-state index is 0.0805. The third-order valence-electron chi connectivity index (χ3n) is 6.36. The summed E-state index contributed by atoms with van der Waals surface area (Å²) in [7, 11) is 1.86. The summed E-state index contributed by atoms with van der Waals surface area (Å²) < 4.78 is 18.0. The van der Waals surface area contributed by atoms with Crippen LogP contribution in [0.3, 0.4) is 0 Å². The molecule has 4 rings (SSSR count). The Morgan fingerprint density at radius 1 is 1.29 bits per heavy atom. The summed E-state index contributed by atoms with van der Waals surface area (Å²) in [6.45, 7) is 5.51. The Hall–Kier alpha value is -2.32. The standard InChI is InChI=1S/C23H32N4O4/c1-4-29-21(28)13-16-6-5-7-17(12-16)18-8-9-19(24-15(18)2)23-20(27(3)26-25-23)14-31-22-10-11-30-22/h8-9,16-17,22H,4-7,10-14H2,1-3H3. The number of esters is 1. The van der Waals surface area contributed by atoms with Crippen LogP contribution in [-0.4, -0.2) is 45.5 Å². The van der Waals surface area contributed by atoms with E-state index in [1.165, 1.54) is 5.56 Å². The third kappa shape index (κ3) is 5.13. The van der Waals surface area contributed by atoms with Crippen molar-refractivity contribution in [3.8, 4) is 11.4 Å². The van der Waals surface area contributed by atoms with E-state index in [4.69, 9.17) is 19.2 Å². The van der Waals surface area contributed by atoms with Gasteiger partial charge in [0.25, 0.3) is 0 Å². The maximum Gasteiger partial charge on any atom is 0.306 e. The smallest absolute Gasteiger partial charge is 0.306 e. The second-order valence-electron chi connectivity index (χ2n) is 8.52. The molecule has 8 nitrogen and oxygen atoms in total. The van der Waals surface area contributed by atoms with E-state index in [1.807, 2.05) is 20.0 Å². The van der Waals surface area contributed by atoms with E-state index in [1.54, 1.807) is 4.68 Å². The van der Waals surface area contributed by atoms with E-state index in [-0.39, 0.29) is 12.3 Å². The van der Waals surface area contributed by atoms with Gasteiger partial charge in [-0.15, -0.1) is 5.10 Å². The molecule has 2 fully saturated rings. The molecule has 3 heterocycles. The Kier molecular flexibility index (Phi) is 6.97. The van der Waals surface area contributed by atoms with Crippen molar-refractivity contribution in [1.29, 1.82) is 0 Å². The van der Waals surface area contributed by atoms with Gasteiger partial charge in [-0.25, -0.2) is 4.68 Å². The fourth-order valence-corrected chi connectivity index (χ4v) is 4.60. The zero-order valence-corrected chi connectivity index (χ0v) is 18.7. The van der Waals surface area contributed by atoms with Gasteiger partial charge in [-0.05, 0) is 56.6 Å². The maximum atomic E-state index is 11.9. The summed E-state index contributed by atoms with van der Waals surface area (Å²) in [4.78, 5) is 16.8. The number of ether oxygens (including phenoxy) is 3. The van der Waals surface area contributed by atoms with Gasteiger partial charge in [-0.2, -0.15) is 0 Å². The predicted molar refractivity (Wildman–Crippen MR) is 114 cm³/mol. The van der Waals surface area contributed by atoms with Crippen molar-refractivity contribution in [1.82, 2.24) is 20.0 Å². The molecule has 8 heteroatoms. The van der Waals surface area contributed by atoms with Gasteiger partial charge in [0.2, 0.25) is 0 Å². The number of rotatable bonds is 8. The number of aromatic nitrogens is 4. The van der Waals surface area contributed by atoms with Crippen LogP contribution in [0, 0.1) is 12.8 Å². The van der Waals surface area contributed by atoms with Crippen LogP contribution < -0.4 is 0 Å². The molecule has 0 N–H and O–H groups in total. The van der Waals surface area contributed by atoms with E-state index < -0.39 is 0 Å². The SMILES string of the molecule is CCOC(=O)CC1CCCC(c2ccc(-c3nnn(C)c3COC3CCO3)nc2C)C1. The summed E-state index contributed by atoms with van der Waals surface area (Å²) in [5.41, 5.74) is 4.73. The quantitative estimate of drug-likeness (QED) is 0.593. The van der Waals surface area contributed by atoms with Crippen LogP contribution in [0.15, 0.2) is 12.1 Å². The van der Waals surface area contributed by atoms with Crippen molar-refractivity contribution in [2.45, 2.75) is 71.2 Å². The molecule has 2 aromatic heterocycles. The van der Waals surface area contributed by atoms with Crippen LogP contribution in [0.5, 0.6) is 0 Å². The largest absolute Gasteiger partial charge is 0.466 e. The fraction of sp³-hybridized carbons (Fsp3) is 0.652. The first-order valence-electron chi connectivity index (χ1n) is 11.3.